The monoisotopic (exact) mass is 364 g/mol. The Hall–Kier alpha value is -1.10. The van der Waals surface area contributed by atoms with Crippen LogP contribution in [0.3, 0.4) is 0 Å². The zero-order valence-corrected chi connectivity index (χ0v) is 16.0. The van der Waals surface area contributed by atoms with Crippen LogP contribution in [0.5, 0.6) is 0 Å². The van der Waals surface area contributed by atoms with E-state index in [1.807, 2.05) is 12.1 Å². The van der Waals surface area contributed by atoms with Crippen LogP contribution in [0.4, 0.5) is 5.69 Å². The number of hydrogen-bond donors (Lipinski definition) is 2. The van der Waals surface area contributed by atoms with Gasteiger partial charge in [0.05, 0.1) is 6.10 Å². The second-order valence-electron chi connectivity index (χ2n) is 8.24. The third-order valence-corrected chi connectivity index (χ3v) is 6.70. The predicted octanol–water partition coefficient (Wildman–Crippen LogP) is 3.46. The minimum atomic E-state index is -0.852. The topological polar surface area (TPSA) is 64.3 Å². The van der Waals surface area contributed by atoms with E-state index in [1.165, 1.54) is 24.0 Å². The highest BCUT2D eigenvalue weighted by atomic mass is 35.5. The van der Waals surface area contributed by atoms with Gasteiger partial charge in [0.15, 0.2) is 0 Å². The third kappa shape index (κ3) is 2.61. The normalized spacial score (nSPS) is 32.4. The van der Waals surface area contributed by atoms with E-state index in [9.17, 15) is 4.79 Å². The Morgan fingerprint density at radius 2 is 2.00 bits per heavy atom. The molecule has 3 atom stereocenters. The molecule has 1 saturated heterocycles. The van der Waals surface area contributed by atoms with Crippen molar-refractivity contribution in [3.05, 3.63) is 29.3 Å². The van der Waals surface area contributed by atoms with Gasteiger partial charge in [0.1, 0.15) is 5.54 Å². The van der Waals surface area contributed by atoms with Gasteiger partial charge in [0, 0.05) is 23.6 Å². The number of nitrogens with one attached hydrogen (secondary N) is 1. The fourth-order valence-electron chi connectivity index (χ4n) is 5.16. The van der Waals surface area contributed by atoms with Crippen molar-refractivity contribution in [2.45, 2.75) is 64.0 Å². The van der Waals surface area contributed by atoms with E-state index in [4.69, 9.17) is 10.5 Å². The largest absolute Gasteiger partial charge is 0.377 e. The zero-order valence-electron chi connectivity index (χ0n) is 15.1. The molecule has 25 heavy (non-hydrogen) atoms. The van der Waals surface area contributed by atoms with Gasteiger partial charge < -0.3 is 15.8 Å². The van der Waals surface area contributed by atoms with Crippen LogP contribution in [0.2, 0.25) is 0 Å². The lowest BCUT2D eigenvalue weighted by Crippen LogP contribution is -2.81. The number of carbonyl (C=O) groups excluding carboxylic acids is 1. The van der Waals surface area contributed by atoms with Crippen LogP contribution in [0.15, 0.2) is 18.2 Å². The number of nitrogens with two attached hydrogens (primary N) is 1. The van der Waals surface area contributed by atoms with Crippen molar-refractivity contribution in [3.63, 3.8) is 0 Å². The second-order valence-corrected chi connectivity index (χ2v) is 8.24. The number of hydrogen-bond acceptors (Lipinski definition) is 3. The first-order chi connectivity index (χ1) is 11.5. The van der Waals surface area contributed by atoms with Crippen molar-refractivity contribution in [2.75, 3.05) is 11.9 Å². The maximum absolute atomic E-state index is 13.2. The molecule has 1 aromatic carbocycles. The zero-order chi connectivity index (χ0) is 16.9. The summed E-state index contributed by atoms with van der Waals surface area (Å²) in [5.41, 5.74) is 9.15. The van der Waals surface area contributed by atoms with Crippen LogP contribution in [-0.4, -0.2) is 24.2 Å². The lowest BCUT2D eigenvalue weighted by molar-refractivity contribution is -0.222. The summed E-state index contributed by atoms with van der Waals surface area (Å²) in [4.78, 5) is 13.2. The predicted molar refractivity (Wildman–Crippen MR) is 102 cm³/mol. The number of anilines is 1. The molecule has 3 unspecified atom stereocenters. The Balaban J connectivity index is 0.00000182. The van der Waals surface area contributed by atoms with Crippen molar-refractivity contribution in [1.29, 1.82) is 0 Å². The Labute approximate surface area is 156 Å². The molecule has 0 spiro atoms. The van der Waals surface area contributed by atoms with Crippen LogP contribution in [0.25, 0.3) is 0 Å². The molecule has 4 rings (SSSR count). The van der Waals surface area contributed by atoms with Crippen LogP contribution < -0.4 is 11.1 Å². The van der Waals surface area contributed by atoms with Gasteiger partial charge in [0.2, 0.25) is 5.91 Å². The van der Waals surface area contributed by atoms with Gasteiger partial charge in [-0.3, -0.25) is 4.79 Å². The van der Waals surface area contributed by atoms with Gasteiger partial charge in [-0.05, 0) is 55.7 Å². The van der Waals surface area contributed by atoms with Gasteiger partial charge in [-0.25, -0.2) is 0 Å². The molecule has 1 amide bonds. The van der Waals surface area contributed by atoms with E-state index in [-0.39, 0.29) is 35.8 Å². The molecule has 3 N–H and O–H groups in total. The van der Waals surface area contributed by atoms with Gasteiger partial charge in [-0.2, -0.15) is 0 Å². The van der Waals surface area contributed by atoms with Gasteiger partial charge in [0.25, 0.3) is 0 Å². The van der Waals surface area contributed by atoms with Gasteiger partial charge in [-0.1, -0.05) is 26.0 Å². The van der Waals surface area contributed by atoms with Crippen LogP contribution in [0.1, 0.15) is 50.7 Å². The fourth-order valence-corrected chi connectivity index (χ4v) is 5.16. The number of aryl methyl sites for hydroxylation is 1. The molecular formula is C20H29ClN2O2. The van der Waals surface area contributed by atoms with E-state index in [1.54, 1.807) is 0 Å². The SMILES string of the molecule is CC1(C)C2OCCCC2C1(N)C(=O)Nc1cccc2c1CCCC2.Cl. The fraction of sp³-hybridized carbons (Fsp3) is 0.650. The van der Waals surface area contributed by atoms with Crippen molar-refractivity contribution in [2.24, 2.45) is 17.1 Å². The number of rotatable bonds is 2. The Kier molecular flexibility index (Phi) is 4.91. The number of carbonyl (C=O) groups is 1. The summed E-state index contributed by atoms with van der Waals surface area (Å²) < 4.78 is 5.92. The molecular weight excluding hydrogens is 336 g/mol. The number of benzene rings is 1. The minimum absolute atomic E-state index is 0. The molecule has 1 aromatic rings. The summed E-state index contributed by atoms with van der Waals surface area (Å²) >= 11 is 0. The molecule has 138 valence electrons. The first-order valence-corrected chi connectivity index (χ1v) is 9.29. The number of fused-ring (bicyclic) bond motifs is 2. The Morgan fingerprint density at radius 3 is 2.80 bits per heavy atom. The standard InChI is InChI=1S/C20H28N2O2.ClH/c1-19(2)17-15(10-6-12-24-17)20(19,21)18(23)22-16-11-5-8-13-7-3-4-9-14(13)16;/h5,8,11,15,17H,3-4,6-7,9-10,12,21H2,1-2H3,(H,22,23);1H. The molecule has 4 nitrogen and oxygen atoms in total. The average molecular weight is 365 g/mol. The number of halogens is 1. The minimum Gasteiger partial charge on any atom is -0.377 e. The van der Waals surface area contributed by atoms with E-state index >= 15 is 0 Å². The maximum Gasteiger partial charge on any atom is 0.245 e. The Morgan fingerprint density at radius 1 is 1.24 bits per heavy atom. The Bertz CT molecular complexity index is 676. The lowest BCUT2D eigenvalue weighted by Gasteiger charge is -2.65. The van der Waals surface area contributed by atoms with Gasteiger partial charge >= 0.3 is 0 Å². The highest BCUT2D eigenvalue weighted by Crippen LogP contribution is 2.57. The van der Waals surface area contributed by atoms with Crippen molar-refractivity contribution in [3.8, 4) is 0 Å². The first kappa shape index (κ1) is 18.7. The smallest absolute Gasteiger partial charge is 0.245 e. The molecule has 1 saturated carbocycles. The molecule has 2 aliphatic carbocycles. The van der Waals surface area contributed by atoms with Gasteiger partial charge in [-0.15, -0.1) is 12.4 Å². The molecule has 5 heteroatoms. The van der Waals surface area contributed by atoms with Crippen molar-refractivity contribution < 1.29 is 9.53 Å². The average Bonchev–Trinajstić information content (AvgIpc) is 2.61. The molecule has 3 aliphatic rings. The summed E-state index contributed by atoms with van der Waals surface area (Å²) in [7, 11) is 0. The molecule has 0 radical (unpaired) electrons. The van der Waals surface area contributed by atoms with E-state index in [0.29, 0.717) is 0 Å². The third-order valence-electron chi connectivity index (χ3n) is 6.70. The maximum atomic E-state index is 13.2. The second kappa shape index (κ2) is 6.57. The summed E-state index contributed by atoms with van der Waals surface area (Å²) in [6, 6.07) is 6.24. The van der Waals surface area contributed by atoms with E-state index in [2.05, 4.69) is 25.2 Å². The quantitative estimate of drug-likeness (QED) is 0.844. The summed E-state index contributed by atoms with van der Waals surface area (Å²) in [6.07, 6.45) is 6.65. The van der Waals surface area contributed by atoms with E-state index < -0.39 is 5.54 Å². The van der Waals surface area contributed by atoms with Crippen LogP contribution in [0, 0.1) is 11.3 Å². The lowest BCUT2D eigenvalue weighted by atomic mass is 9.46. The highest BCUT2D eigenvalue weighted by Gasteiger charge is 2.70. The molecule has 0 aromatic heterocycles. The van der Waals surface area contributed by atoms with Crippen molar-refractivity contribution in [1.82, 2.24) is 0 Å². The summed E-state index contributed by atoms with van der Waals surface area (Å²) in [5, 5.41) is 3.18. The highest BCUT2D eigenvalue weighted by molar-refractivity contribution is 6.00. The van der Waals surface area contributed by atoms with Crippen molar-refractivity contribution >= 4 is 24.0 Å². The molecule has 0 bridgehead atoms. The molecule has 2 fully saturated rings. The molecule has 1 aliphatic heterocycles. The summed E-state index contributed by atoms with van der Waals surface area (Å²) in [6.45, 7) is 4.92. The van der Waals surface area contributed by atoms with Crippen LogP contribution in [-0.2, 0) is 22.4 Å². The van der Waals surface area contributed by atoms with E-state index in [0.717, 1.165) is 38.0 Å². The number of amides is 1. The first-order valence-electron chi connectivity index (χ1n) is 9.29. The number of ether oxygens (including phenoxy) is 1. The molecule has 1 heterocycles. The summed E-state index contributed by atoms with van der Waals surface area (Å²) in [5.74, 6) is 0.0824. The van der Waals surface area contributed by atoms with Crippen LogP contribution >= 0.6 is 12.4 Å².